The van der Waals surface area contributed by atoms with E-state index in [1.807, 2.05) is 18.2 Å². The molecule has 1 aromatic heterocycles. The summed E-state index contributed by atoms with van der Waals surface area (Å²) in [7, 11) is 1.35. The first-order valence-electron chi connectivity index (χ1n) is 6.34. The van der Waals surface area contributed by atoms with Crippen LogP contribution in [0.5, 0.6) is 0 Å². The Morgan fingerprint density at radius 1 is 1.14 bits per heavy atom. The number of ether oxygens (including phenoxy) is 1. The third-order valence-electron chi connectivity index (χ3n) is 3.24. The standard InChI is InChI=1S/C17H11NO3/c1-20-17(19)13-6-7-15-14(8-13)9-16(21-15)12-4-2-11(10-18)3-5-12/h2-9H,1H3. The molecule has 0 saturated heterocycles. The zero-order valence-corrected chi connectivity index (χ0v) is 11.3. The first kappa shape index (κ1) is 12.9. The molecule has 0 amide bonds. The molecule has 4 nitrogen and oxygen atoms in total. The number of esters is 1. The molecular weight excluding hydrogens is 266 g/mol. The Labute approximate surface area is 121 Å². The van der Waals surface area contributed by atoms with Crippen molar-refractivity contribution in [2.45, 2.75) is 0 Å². The summed E-state index contributed by atoms with van der Waals surface area (Å²) in [5.41, 5.74) is 2.66. The zero-order valence-electron chi connectivity index (χ0n) is 11.3. The smallest absolute Gasteiger partial charge is 0.337 e. The zero-order chi connectivity index (χ0) is 14.8. The molecule has 0 radical (unpaired) electrons. The van der Waals surface area contributed by atoms with Crippen molar-refractivity contribution in [3.8, 4) is 17.4 Å². The molecule has 0 N–H and O–H groups in total. The lowest BCUT2D eigenvalue weighted by atomic mass is 10.1. The van der Waals surface area contributed by atoms with Gasteiger partial charge >= 0.3 is 5.97 Å². The van der Waals surface area contributed by atoms with Crippen molar-refractivity contribution in [2.75, 3.05) is 7.11 Å². The normalized spacial score (nSPS) is 10.3. The summed E-state index contributed by atoms with van der Waals surface area (Å²) >= 11 is 0. The van der Waals surface area contributed by atoms with Crippen LogP contribution in [-0.4, -0.2) is 13.1 Å². The topological polar surface area (TPSA) is 63.2 Å². The Morgan fingerprint density at radius 3 is 2.57 bits per heavy atom. The third-order valence-corrected chi connectivity index (χ3v) is 3.24. The Bertz CT molecular complexity index is 854. The predicted octanol–water partition coefficient (Wildman–Crippen LogP) is 3.76. The van der Waals surface area contributed by atoms with E-state index in [-0.39, 0.29) is 5.97 Å². The van der Waals surface area contributed by atoms with Gasteiger partial charge in [0.25, 0.3) is 0 Å². The summed E-state index contributed by atoms with van der Waals surface area (Å²) < 4.78 is 10.5. The van der Waals surface area contributed by atoms with E-state index < -0.39 is 0 Å². The van der Waals surface area contributed by atoms with Gasteiger partial charge in [0.05, 0.1) is 24.3 Å². The first-order chi connectivity index (χ1) is 10.2. The molecule has 0 bridgehead atoms. The van der Waals surface area contributed by atoms with E-state index in [1.165, 1.54) is 7.11 Å². The van der Waals surface area contributed by atoms with Crippen LogP contribution in [0, 0.1) is 11.3 Å². The second-order valence-corrected chi connectivity index (χ2v) is 4.54. The molecular formula is C17H11NO3. The van der Waals surface area contributed by atoms with Crippen molar-refractivity contribution in [1.82, 2.24) is 0 Å². The van der Waals surface area contributed by atoms with E-state index in [4.69, 9.17) is 14.4 Å². The highest BCUT2D eigenvalue weighted by Gasteiger charge is 2.10. The molecule has 0 unspecified atom stereocenters. The van der Waals surface area contributed by atoms with E-state index >= 15 is 0 Å². The van der Waals surface area contributed by atoms with Crippen LogP contribution in [-0.2, 0) is 4.74 Å². The van der Waals surface area contributed by atoms with Gasteiger partial charge in [-0.3, -0.25) is 0 Å². The molecule has 0 aliphatic carbocycles. The van der Waals surface area contributed by atoms with Crippen LogP contribution in [0.1, 0.15) is 15.9 Å². The lowest BCUT2D eigenvalue weighted by molar-refractivity contribution is 0.0601. The van der Waals surface area contributed by atoms with Crippen molar-refractivity contribution >= 4 is 16.9 Å². The third kappa shape index (κ3) is 2.37. The number of fused-ring (bicyclic) bond motifs is 1. The van der Waals surface area contributed by atoms with Crippen molar-refractivity contribution < 1.29 is 13.9 Å². The average molecular weight is 277 g/mol. The van der Waals surface area contributed by atoms with Crippen LogP contribution in [0.15, 0.2) is 52.9 Å². The molecule has 0 atom stereocenters. The summed E-state index contributed by atoms with van der Waals surface area (Å²) in [6, 6.07) is 16.2. The fraction of sp³-hybridized carbons (Fsp3) is 0.0588. The number of carbonyl (C=O) groups excluding carboxylic acids is 1. The highest BCUT2D eigenvalue weighted by Crippen LogP contribution is 2.28. The van der Waals surface area contributed by atoms with Crippen molar-refractivity contribution in [2.24, 2.45) is 0 Å². The number of rotatable bonds is 2. The number of nitrogens with zero attached hydrogens (tertiary/aromatic N) is 1. The summed E-state index contributed by atoms with van der Waals surface area (Å²) in [5.74, 6) is 0.314. The number of methoxy groups -OCH3 is 1. The van der Waals surface area contributed by atoms with Crippen molar-refractivity contribution in [3.05, 3.63) is 59.7 Å². The Hall–Kier alpha value is -3.06. The monoisotopic (exact) mass is 277 g/mol. The highest BCUT2D eigenvalue weighted by atomic mass is 16.5. The molecule has 0 fully saturated rings. The molecule has 0 aliphatic rings. The minimum atomic E-state index is -0.377. The summed E-state index contributed by atoms with van der Waals surface area (Å²) in [4.78, 5) is 11.5. The van der Waals surface area contributed by atoms with Crippen LogP contribution < -0.4 is 0 Å². The van der Waals surface area contributed by atoms with Crippen LogP contribution in [0.2, 0.25) is 0 Å². The van der Waals surface area contributed by atoms with E-state index in [2.05, 4.69) is 6.07 Å². The van der Waals surface area contributed by atoms with Gasteiger partial charge in [-0.05, 0) is 48.5 Å². The van der Waals surface area contributed by atoms with Crippen LogP contribution in [0.4, 0.5) is 0 Å². The molecule has 2 aromatic carbocycles. The maximum Gasteiger partial charge on any atom is 0.337 e. The summed E-state index contributed by atoms with van der Waals surface area (Å²) in [6.45, 7) is 0. The van der Waals surface area contributed by atoms with Gasteiger partial charge in [-0.25, -0.2) is 4.79 Å². The molecule has 0 spiro atoms. The van der Waals surface area contributed by atoms with E-state index in [1.54, 1.807) is 30.3 Å². The predicted molar refractivity (Wildman–Crippen MR) is 77.7 cm³/mol. The lowest BCUT2D eigenvalue weighted by Gasteiger charge is -1.97. The minimum absolute atomic E-state index is 0.377. The summed E-state index contributed by atoms with van der Waals surface area (Å²) in [5, 5.41) is 9.63. The van der Waals surface area contributed by atoms with E-state index in [0.717, 1.165) is 10.9 Å². The molecule has 3 aromatic rings. The highest BCUT2D eigenvalue weighted by molar-refractivity contribution is 5.95. The second kappa shape index (κ2) is 5.14. The summed E-state index contributed by atoms with van der Waals surface area (Å²) in [6.07, 6.45) is 0. The van der Waals surface area contributed by atoms with Crippen molar-refractivity contribution in [3.63, 3.8) is 0 Å². The van der Waals surface area contributed by atoms with Crippen molar-refractivity contribution in [1.29, 1.82) is 5.26 Å². The lowest BCUT2D eigenvalue weighted by Crippen LogP contribution is -1.99. The maximum absolute atomic E-state index is 11.5. The maximum atomic E-state index is 11.5. The fourth-order valence-electron chi connectivity index (χ4n) is 2.14. The molecule has 4 heteroatoms. The number of hydrogen-bond donors (Lipinski definition) is 0. The number of carbonyl (C=O) groups is 1. The molecule has 0 aliphatic heterocycles. The number of benzene rings is 2. The van der Waals surface area contributed by atoms with Gasteiger partial charge in [0.1, 0.15) is 11.3 Å². The van der Waals surface area contributed by atoms with Gasteiger partial charge in [0.15, 0.2) is 0 Å². The molecule has 0 saturated carbocycles. The van der Waals surface area contributed by atoms with E-state index in [9.17, 15) is 4.79 Å². The Kier molecular flexibility index (Phi) is 3.17. The Balaban J connectivity index is 2.04. The quantitative estimate of drug-likeness (QED) is 0.669. The van der Waals surface area contributed by atoms with Crippen LogP contribution in [0.3, 0.4) is 0 Å². The minimum Gasteiger partial charge on any atom is -0.465 e. The Morgan fingerprint density at radius 2 is 1.90 bits per heavy atom. The van der Waals surface area contributed by atoms with Gasteiger partial charge in [0, 0.05) is 10.9 Å². The first-order valence-corrected chi connectivity index (χ1v) is 6.34. The van der Waals surface area contributed by atoms with Gasteiger partial charge in [-0.2, -0.15) is 5.26 Å². The van der Waals surface area contributed by atoms with Crippen LogP contribution >= 0.6 is 0 Å². The second-order valence-electron chi connectivity index (χ2n) is 4.54. The molecule has 1 heterocycles. The average Bonchev–Trinajstić information content (AvgIpc) is 2.97. The van der Waals surface area contributed by atoms with Crippen LogP contribution in [0.25, 0.3) is 22.3 Å². The number of nitriles is 1. The number of furan rings is 1. The molecule has 21 heavy (non-hydrogen) atoms. The molecule has 3 rings (SSSR count). The number of hydrogen-bond acceptors (Lipinski definition) is 4. The fourth-order valence-corrected chi connectivity index (χ4v) is 2.14. The molecule has 102 valence electrons. The van der Waals surface area contributed by atoms with E-state index in [0.29, 0.717) is 22.5 Å². The van der Waals surface area contributed by atoms with Gasteiger partial charge in [-0.1, -0.05) is 0 Å². The SMILES string of the molecule is COC(=O)c1ccc2oc(-c3ccc(C#N)cc3)cc2c1. The van der Waals surface area contributed by atoms with Gasteiger partial charge in [0.2, 0.25) is 0 Å². The largest absolute Gasteiger partial charge is 0.465 e. The van der Waals surface area contributed by atoms with Gasteiger partial charge < -0.3 is 9.15 Å². The van der Waals surface area contributed by atoms with Gasteiger partial charge in [-0.15, -0.1) is 0 Å².